The minimum atomic E-state index is -0.765. The molecule has 0 aliphatic rings. The molecule has 7 nitrogen and oxygen atoms in total. The summed E-state index contributed by atoms with van der Waals surface area (Å²) in [5.41, 5.74) is -0.853. The van der Waals surface area contributed by atoms with Gasteiger partial charge in [0.15, 0.2) is 0 Å². The van der Waals surface area contributed by atoms with E-state index < -0.39 is 17.4 Å². The van der Waals surface area contributed by atoms with Crippen LogP contribution in [0.25, 0.3) is 6.08 Å². The van der Waals surface area contributed by atoms with Gasteiger partial charge in [0, 0.05) is 6.20 Å². The highest BCUT2D eigenvalue weighted by Gasteiger charge is 2.07. The number of hydrogen-bond acceptors (Lipinski definition) is 5. The largest absolute Gasteiger partial charge is 0.394 e. The average Bonchev–Trinajstić information content (AvgIpc) is 2.35. The van der Waals surface area contributed by atoms with E-state index in [-0.39, 0.29) is 25.5 Å². The van der Waals surface area contributed by atoms with Gasteiger partial charge in [-0.05, 0) is 11.1 Å². The Morgan fingerprint density at radius 3 is 2.67 bits per heavy atom. The SMILES string of the molecule is O=c1[nH]c(=O)n(COC(CO)CO)cc1/C=C/Br. The van der Waals surface area contributed by atoms with E-state index in [2.05, 4.69) is 20.9 Å². The highest BCUT2D eigenvalue weighted by atomic mass is 79.9. The van der Waals surface area contributed by atoms with Crippen molar-refractivity contribution in [2.45, 2.75) is 12.8 Å². The summed E-state index contributed by atoms with van der Waals surface area (Å²) in [5.74, 6) is 0. The summed E-state index contributed by atoms with van der Waals surface area (Å²) in [6.45, 7) is -0.893. The second-order valence-corrected chi connectivity index (χ2v) is 3.92. The minimum absolute atomic E-state index is 0.176. The Morgan fingerprint density at radius 1 is 1.44 bits per heavy atom. The van der Waals surface area contributed by atoms with Crippen molar-refractivity contribution in [2.75, 3.05) is 13.2 Å². The Kier molecular flexibility index (Phi) is 5.99. The Bertz CT molecular complexity index is 518. The molecule has 0 saturated carbocycles. The average molecular weight is 321 g/mol. The van der Waals surface area contributed by atoms with Crippen LogP contribution < -0.4 is 11.2 Å². The number of hydrogen-bond donors (Lipinski definition) is 3. The van der Waals surface area contributed by atoms with Gasteiger partial charge in [-0.2, -0.15) is 0 Å². The predicted molar refractivity (Wildman–Crippen MR) is 68.3 cm³/mol. The van der Waals surface area contributed by atoms with Crippen LogP contribution in [-0.4, -0.2) is 39.1 Å². The maximum absolute atomic E-state index is 11.5. The lowest BCUT2D eigenvalue weighted by atomic mass is 10.3. The molecule has 0 amide bonds. The smallest absolute Gasteiger partial charge is 0.330 e. The zero-order chi connectivity index (χ0) is 13.5. The molecule has 0 aliphatic heterocycles. The number of rotatable bonds is 6. The van der Waals surface area contributed by atoms with E-state index in [1.165, 1.54) is 17.3 Å². The van der Waals surface area contributed by atoms with E-state index in [4.69, 9.17) is 14.9 Å². The molecule has 0 bridgehead atoms. The van der Waals surface area contributed by atoms with Crippen LogP contribution in [0.15, 0.2) is 20.8 Å². The number of aliphatic hydroxyl groups excluding tert-OH is 2. The van der Waals surface area contributed by atoms with E-state index in [0.29, 0.717) is 0 Å². The molecular weight excluding hydrogens is 308 g/mol. The first-order valence-corrected chi connectivity index (χ1v) is 5.97. The Balaban J connectivity index is 2.92. The number of H-pyrrole nitrogens is 1. The van der Waals surface area contributed by atoms with Crippen LogP contribution in [0.3, 0.4) is 0 Å². The number of aromatic amines is 1. The molecule has 1 rings (SSSR count). The van der Waals surface area contributed by atoms with Crippen LogP contribution in [0.2, 0.25) is 0 Å². The van der Waals surface area contributed by atoms with E-state index in [9.17, 15) is 9.59 Å². The summed E-state index contributed by atoms with van der Waals surface area (Å²) in [6.07, 6.45) is 2.04. The van der Waals surface area contributed by atoms with E-state index in [1.807, 2.05) is 0 Å². The lowest BCUT2D eigenvalue weighted by Gasteiger charge is -2.13. The molecule has 1 heterocycles. The summed E-state index contributed by atoms with van der Waals surface area (Å²) in [6, 6.07) is 0. The fourth-order valence-electron chi connectivity index (χ4n) is 1.16. The van der Waals surface area contributed by atoms with Gasteiger partial charge in [-0.3, -0.25) is 14.3 Å². The van der Waals surface area contributed by atoms with Gasteiger partial charge in [0.1, 0.15) is 12.8 Å². The maximum Gasteiger partial charge on any atom is 0.330 e. The Morgan fingerprint density at radius 2 is 2.11 bits per heavy atom. The molecule has 0 aliphatic carbocycles. The summed E-state index contributed by atoms with van der Waals surface area (Å²) in [5, 5.41) is 17.6. The number of aliphatic hydroxyl groups is 2. The number of nitrogens with one attached hydrogen (secondary N) is 1. The normalized spacial score (nSPS) is 11.6. The third-order valence-electron chi connectivity index (χ3n) is 2.14. The van der Waals surface area contributed by atoms with E-state index in [0.717, 1.165) is 4.57 Å². The van der Waals surface area contributed by atoms with Gasteiger partial charge in [0.2, 0.25) is 0 Å². The standard InChI is InChI=1S/C10H13BrN2O5/c11-2-1-7-3-13(10(17)12-9(7)16)6-18-8(4-14)5-15/h1-3,8,14-15H,4-6H2,(H,12,16,17)/b2-1+. The molecule has 8 heteroatoms. The molecule has 18 heavy (non-hydrogen) atoms. The van der Waals surface area contributed by atoms with Gasteiger partial charge in [-0.25, -0.2) is 4.79 Å². The fraction of sp³-hybridized carbons (Fsp3) is 0.400. The van der Waals surface area contributed by atoms with Crippen molar-refractivity contribution in [1.82, 2.24) is 9.55 Å². The van der Waals surface area contributed by atoms with Crippen molar-refractivity contribution in [2.24, 2.45) is 0 Å². The molecule has 1 aromatic heterocycles. The van der Waals surface area contributed by atoms with Crippen molar-refractivity contribution >= 4 is 22.0 Å². The first-order chi connectivity index (χ1) is 8.62. The molecule has 0 aromatic carbocycles. The zero-order valence-corrected chi connectivity index (χ0v) is 11.0. The predicted octanol–water partition coefficient (Wildman–Crippen LogP) is -0.770. The van der Waals surface area contributed by atoms with Crippen LogP contribution in [-0.2, 0) is 11.5 Å². The molecule has 0 atom stereocenters. The summed E-state index contributed by atoms with van der Waals surface area (Å²) in [4.78, 5) is 26.4. The zero-order valence-electron chi connectivity index (χ0n) is 9.38. The lowest BCUT2D eigenvalue weighted by Crippen LogP contribution is -2.33. The topological polar surface area (TPSA) is 105 Å². The molecule has 0 fully saturated rings. The third kappa shape index (κ3) is 3.91. The van der Waals surface area contributed by atoms with Gasteiger partial charge < -0.3 is 14.9 Å². The first-order valence-electron chi connectivity index (χ1n) is 5.06. The molecule has 3 N–H and O–H groups in total. The Labute approximate surface area is 110 Å². The van der Waals surface area contributed by atoms with Crippen molar-refractivity contribution in [3.8, 4) is 0 Å². The molecule has 0 spiro atoms. The van der Waals surface area contributed by atoms with Crippen LogP contribution in [0.4, 0.5) is 0 Å². The van der Waals surface area contributed by atoms with E-state index in [1.54, 1.807) is 0 Å². The first kappa shape index (κ1) is 14.8. The van der Waals surface area contributed by atoms with Gasteiger partial charge in [0.25, 0.3) is 5.56 Å². The molecule has 1 aromatic rings. The summed E-state index contributed by atoms with van der Waals surface area (Å²) < 4.78 is 6.21. The van der Waals surface area contributed by atoms with Gasteiger partial charge >= 0.3 is 5.69 Å². The van der Waals surface area contributed by atoms with Crippen molar-refractivity contribution in [3.05, 3.63) is 37.6 Å². The van der Waals surface area contributed by atoms with Crippen LogP contribution in [0, 0.1) is 0 Å². The quantitative estimate of drug-likeness (QED) is 0.638. The molecule has 0 saturated heterocycles. The lowest BCUT2D eigenvalue weighted by molar-refractivity contribution is -0.0513. The van der Waals surface area contributed by atoms with Crippen LogP contribution in [0.1, 0.15) is 5.56 Å². The Hall–Kier alpha value is -1.22. The fourth-order valence-corrected chi connectivity index (χ4v) is 1.44. The van der Waals surface area contributed by atoms with Crippen LogP contribution >= 0.6 is 15.9 Å². The second-order valence-electron chi connectivity index (χ2n) is 3.39. The maximum atomic E-state index is 11.5. The third-order valence-corrected chi connectivity index (χ3v) is 2.40. The number of halogens is 1. The van der Waals surface area contributed by atoms with Crippen molar-refractivity contribution in [1.29, 1.82) is 0 Å². The summed E-state index contributed by atoms with van der Waals surface area (Å²) >= 11 is 3.03. The van der Waals surface area contributed by atoms with E-state index >= 15 is 0 Å². The minimum Gasteiger partial charge on any atom is -0.394 e. The molecule has 0 radical (unpaired) electrons. The number of aromatic nitrogens is 2. The van der Waals surface area contributed by atoms with Crippen LogP contribution in [0.5, 0.6) is 0 Å². The van der Waals surface area contributed by atoms with Gasteiger partial charge in [-0.1, -0.05) is 15.9 Å². The molecular formula is C10H13BrN2O5. The van der Waals surface area contributed by atoms with Gasteiger partial charge in [0.05, 0.1) is 18.8 Å². The highest BCUT2D eigenvalue weighted by molar-refractivity contribution is 9.11. The van der Waals surface area contributed by atoms with Crippen molar-refractivity contribution < 1.29 is 14.9 Å². The highest BCUT2D eigenvalue weighted by Crippen LogP contribution is 1.97. The monoisotopic (exact) mass is 320 g/mol. The summed E-state index contributed by atoms with van der Waals surface area (Å²) in [7, 11) is 0. The molecule has 0 unspecified atom stereocenters. The second kappa shape index (κ2) is 7.27. The van der Waals surface area contributed by atoms with Gasteiger partial charge in [-0.15, -0.1) is 0 Å². The van der Waals surface area contributed by atoms with Crippen molar-refractivity contribution in [3.63, 3.8) is 0 Å². The number of nitrogens with zero attached hydrogens (tertiary/aromatic N) is 1. The molecule has 100 valence electrons. The number of ether oxygens (including phenoxy) is 1.